The van der Waals surface area contributed by atoms with Crippen LogP contribution in [-0.4, -0.2) is 5.11 Å². The lowest BCUT2D eigenvalue weighted by Crippen LogP contribution is -1.96. The normalized spacial score (nSPS) is 10.2. The molecule has 1 aromatic heterocycles. The molecule has 0 saturated carbocycles. The van der Waals surface area contributed by atoms with E-state index < -0.39 is 5.63 Å². The SMILES string of the molecule is O=c1cc(O)cc(-c2ccccc2Cl)o1. The Kier molecular flexibility index (Phi) is 2.47. The largest absolute Gasteiger partial charge is 0.508 e. The Bertz CT molecular complexity index is 546. The molecule has 0 saturated heterocycles. The number of hydrogen-bond acceptors (Lipinski definition) is 3. The number of rotatable bonds is 1. The average Bonchev–Trinajstić information content (AvgIpc) is 2.16. The summed E-state index contributed by atoms with van der Waals surface area (Å²) >= 11 is 5.92. The summed E-state index contributed by atoms with van der Waals surface area (Å²) in [5, 5.41) is 9.71. The van der Waals surface area contributed by atoms with E-state index in [1.807, 2.05) is 0 Å². The van der Waals surface area contributed by atoms with Crippen LogP contribution in [-0.2, 0) is 0 Å². The molecule has 4 heteroatoms. The van der Waals surface area contributed by atoms with Crippen LogP contribution in [0.1, 0.15) is 0 Å². The van der Waals surface area contributed by atoms with Gasteiger partial charge in [0.25, 0.3) is 0 Å². The van der Waals surface area contributed by atoms with Gasteiger partial charge in [0.1, 0.15) is 11.5 Å². The first-order valence-electron chi connectivity index (χ1n) is 4.26. The second kappa shape index (κ2) is 3.79. The molecule has 0 aliphatic carbocycles. The van der Waals surface area contributed by atoms with Gasteiger partial charge in [0, 0.05) is 11.6 Å². The van der Waals surface area contributed by atoms with Gasteiger partial charge in [-0.05, 0) is 12.1 Å². The highest BCUT2D eigenvalue weighted by molar-refractivity contribution is 6.33. The molecule has 76 valence electrons. The maximum atomic E-state index is 11.0. The summed E-state index contributed by atoms with van der Waals surface area (Å²) in [5.74, 6) is 0.117. The summed E-state index contributed by atoms with van der Waals surface area (Å²) in [7, 11) is 0. The van der Waals surface area contributed by atoms with Gasteiger partial charge >= 0.3 is 5.63 Å². The molecule has 0 atom stereocenters. The molecule has 1 heterocycles. The van der Waals surface area contributed by atoms with E-state index in [0.29, 0.717) is 10.6 Å². The van der Waals surface area contributed by atoms with Crippen LogP contribution in [0, 0.1) is 0 Å². The van der Waals surface area contributed by atoms with Crippen molar-refractivity contribution in [2.75, 3.05) is 0 Å². The van der Waals surface area contributed by atoms with Gasteiger partial charge in [0.15, 0.2) is 0 Å². The Balaban J connectivity index is 2.64. The first-order chi connectivity index (χ1) is 7.16. The van der Waals surface area contributed by atoms with E-state index in [0.717, 1.165) is 6.07 Å². The van der Waals surface area contributed by atoms with Crippen molar-refractivity contribution in [1.29, 1.82) is 0 Å². The molecule has 2 rings (SSSR count). The third-order valence-corrected chi connectivity index (χ3v) is 2.22. The Morgan fingerprint density at radius 2 is 1.93 bits per heavy atom. The smallest absolute Gasteiger partial charge is 0.339 e. The van der Waals surface area contributed by atoms with Crippen LogP contribution >= 0.6 is 11.6 Å². The first kappa shape index (κ1) is 9.80. The van der Waals surface area contributed by atoms with E-state index in [2.05, 4.69) is 0 Å². The minimum atomic E-state index is -0.607. The van der Waals surface area contributed by atoms with Crippen LogP contribution in [0.3, 0.4) is 0 Å². The van der Waals surface area contributed by atoms with Crippen LogP contribution in [0.4, 0.5) is 0 Å². The average molecular weight is 223 g/mol. The van der Waals surface area contributed by atoms with E-state index in [9.17, 15) is 9.90 Å². The Morgan fingerprint density at radius 1 is 1.20 bits per heavy atom. The molecule has 0 radical (unpaired) electrons. The molecule has 0 spiro atoms. The molecule has 0 aliphatic heterocycles. The summed E-state index contributed by atoms with van der Waals surface area (Å²) in [6.07, 6.45) is 0. The zero-order valence-corrected chi connectivity index (χ0v) is 8.36. The highest BCUT2D eigenvalue weighted by Gasteiger charge is 2.07. The van der Waals surface area contributed by atoms with Crippen molar-refractivity contribution in [2.45, 2.75) is 0 Å². The van der Waals surface area contributed by atoms with Crippen molar-refractivity contribution >= 4 is 11.6 Å². The van der Waals surface area contributed by atoms with Gasteiger partial charge < -0.3 is 9.52 Å². The fourth-order valence-electron chi connectivity index (χ4n) is 1.26. The van der Waals surface area contributed by atoms with E-state index in [4.69, 9.17) is 16.0 Å². The van der Waals surface area contributed by atoms with Gasteiger partial charge in [0.2, 0.25) is 0 Å². The highest BCUT2D eigenvalue weighted by Crippen LogP contribution is 2.28. The summed E-state index contributed by atoms with van der Waals surface area (Å²) in [6, 6.07) is 9.28. The monoisotopic (exact) mass is 222 g/mol. The van der Waals surface area contributed by atoms with E-state index in [-0.39, 0.29) is 11.5 Å². The third-order valence-electron chi connectivity index (χ3n) is 1.89. The topological polar surface area (TPSA) is 50.4 Å². The third kappa shape index (κ3) is 2.02. The predicted molar refractivity (Wildman–Crippen MR) is 57.1 cm³/mol. The Labute approximate surface area is 90.6 Å². The van der Waals surface area contributed by atoms with E-state index in [1.54, 1.807) is 24.3 Å². The summed E-state index contributed by atoms with van der Waals surface area (Å²) in [5.41, 5.74) is -0.0305. The van der Waals surface area contributed by atoms with E-state index in [1.165, 1.54) is 6.07 Å². The fraction of sp³-hybridized carbons (Fsp3) is 0. The van der Waals surface area contributed by atoms with Crippen molar-refractivity contribution in [3.8, 4) is 17.1 Å². The second-order valence-electron chi connectivity index (χ2n) is 2.98. The van der Waals surface area contributed by atoms with Gasteiger partial charge in [-0.3, -0.25) is 0 Å². The number of aromatic hydroxyl groups is 1. The summed E-state index contributed by atoms with van der Waals surface area (Å²) in [6.45, 7) is 0. The quantitative estimate of drug-likeness (QED) is 0.807. The number of hydrogen-bond donors (Lipinski definition) is 1. The van der Waals surface area contributed by atoms with E-state index >= 15 is 0 Å². The van der Waals surface area contributed by atoms with Crippen LogP contribution < -0.4 is 5.63 Å². The number of benzene rings is 1. The summed E-state index contributed by atoms with van der Waals surface area (Å²) < 4.78 is 4.92. The maximum absolute atomic E-state index is 11.0. The van der Waals surface area contributed by atoms with Crippen LogP contribution in [0.25, 0.3) is 11.3 Å². The lowest BCUT2D eigenvalue weighted by atomic mass is 10.1. The number of halogens is 1. The van der Waals surface area contributed by atoms with Crippen molar-refractivity contribution in [3.63, 3.8) is 0 Å². The molecule has 2 aromatic rings. The van der Waals surface area contributed by atoms with Crippen molar-refractivity contribution in [3.05, 3.63) is 51.8 Å². The minimum Gasteiger partial charge on any atom is -0.508 e. The van der Waals surface area contributed by atoms with Crippen molar-refractivity contribution < 1.29 is 9.52 Å². The standard InChI is InChI=1S/C11H7ClO3/c12-9-4-2-1-3-8(9)10-5-7(13)6-11(14)15-10/h1-6,13H. The predicted octanol–water partition coefficient (Wildman–Crippen LogP) is 2.67. The molecule has 1 aromatic carbocycles. The van der Waals surface area contributed by atoms with Gasteiger partial charge in [-0.1, -0.05) is 23.7 Å². The van der Waals surface area contributed by atoms with Crippen LogP contribution in [0.2, 0.25) is 5.02 Å². The molecule has 1 N–H and O–H groups in total. The van der Waals surface area contributed by atoms with Gasteiger partial charge in [-0.25, -0.2) is 4.79 Å². The molecular formula is C11H7ClO3. The lowest BCUT2D eigenvalue weighted by Gasteiger charge is -2.02. The molecule has 0 aliphatic rings. The maximum Gasteiger partial charge on any atom is 0.339 e. The van der Waals surface area contributed by atoms with Crippen molar-refractivity contribution in [2.24, 2.45) is 0 Å². The Hall–Kier alpha value is -1.74. The fourth-order valence-corrected chi connectivity index (χ4v) is 1.49. The Morgan fingerprint density at radius 3 is 2.60 bits per heavy atom. The molecule has 0 amide bonds. The second-order valence-corrected chi connectivity index (χ2v) is 3.39. The summed E-state index contributed by atoms with van der Waals surface area (Å²) in [4.78, 5) is 11.0. The molecule has 15 heavy (non-hydrogen) atoms. The zero-order chi connectivity index (χ0) is 10.8. The van der Waals surface area contributed by atoms with Gasteiger partial charge in [-0.15, -0.1) is 0 Å². The molecular weight excluding hydrogens is 216 g/mol. The van der Waals surface area contributed by atoms with Crippen molar-refractivity contribution in [1.82, 2.24) is 0 Å². The van der Waals surface area contributed by atoms with Gasteiger partial charge in [0.05, 0.1) is 11.1 Å². The van der Waals surface area contributed by atoms with Gasteiger partial charge in [-0.2, -0.15) is 0 Å². The van der Waals surface area contributed by atoms with Crippen LogP contribution in [0.15, 0.2) is 45.6 Å². The molecule has 0 bridgehead atoms. The molecule has 3 nitrogen and oxygen atoms in total. The molecule has 0 unspecified atom stereocenters. The minimum absolute atomic E-state index is 0.138. The lowest BCUT2D eigenvalue weighted by molar-refractivity contribution is 0.453. The first-order valence-corrected chi connectivity index (χ1v) is 4.63. The molecule has 0 fully saturated rings. The zero-order valence-electron chi connectivity index (χ0n) is 7.61. The highest BCUT2D eigenvalue weighted by atomic mass is 35.5. The van der Waals surface area contributed by atoms with Crippen LogP contribution in [0.5, 0.6) is 5.75 Å².